The van der Waals surface area contributed by atoms with Gasteiger partial charge in [0.2, 0.25) is 0 Å². The highest BCUT2D eigenvalue weighted by molar-refractivity contribution is 6.05. The molecule has 3 aromatic rings. The van der Waals surface area contributed by atoms with Gasteiger partial charge in [0.25, 0.3) is 5.91 Å². The number of carbonyl (C=O) groups excluding carboxylic acids is 2. The van der Waals surface area contributed by atoms with E-state index >= 15 is 0 Å². The summed E-state index contributed by atoms with van der Waals surface area (Å²) in [5.74, 6) is -3.06. The first-order chi connectivity index (χ1) is 13.0. The summed E-state index contributed by atoms with van der Waals surface area (Å²) in [6.07, 6.45) is 0. The van der Waals surface area contributed by atoms with E-state index in [2.05, 4.69) is 25.6 Å². The Morgan fingerprint density at radius 2 is 1.85 bits per heavy atom. The number of carbonyl (C=O) groups is 2. The second-order valence-electron chi connectivity index (χ2n) is 5.33. The van der Waals surface area contributed by atoms with Crippen LogP contribution in [0.2, 0.25) is 0 Å². The summed E-state index contributed by atoms with van der Waals surface area (Å²) in [5, 5.41) is 13.5. The number of tetrazole rings is 1. The lowest BCUT2D eigenvalue weighted by atomic mass is 10.1. The number of nitrogens with zero attached hydrogens (tertiary/aromatic N) is 4. The molecule has 1 N–H and O–H groups in total. The summed E-state index contributed by atoms with van der Waals surface area (Å²) in [6.45, 7) is -0.111. The summed E-state index contributed by atoms with van der Waals surface area (Å²) in [5.41, 5.74) is 0.423. The fraction of sp³-hybridized carbons (Fsp3) is 0.118. The van der Waals surface area contributed by atoms with Crippen LogP contribution < -0.4 is 5.32 Å². The standard InChI is InChI=1S/C17H13F2N5O3/c1-27-17(26)12-5-3-2-4-11(12)16(25)20-9-15-21-22-23-24(15)10-6-7-13(18)14(19)8-10/h2-8H,9H2,1H3,(H,20,25). The molecule has 1 heterocycles. The van der Waals surface area contributed by atoms with E-state index in [0.29, 0.717) is 0 Å². The zero-order valence-corrected chi connectivity index (χ0v) is 14.0. The molecule has 27 heavy (non-hydrogen) atoms. The maximum atomic E-state index is 13.4. The van der Waals surface area contributed by atoms with Gasteiger partial charge in [0, 0.05) is 6.07 Å². The van der Waals surface area contributed by atoms with E-state index < -0.39 is 23.5 Å². The van der Waals surface area contributed by atoms with E-state index in [0.717, 1.165) is 16.8 Å². The van der Waals surface area contributed by atoms with E-state index in [4.69, 9.17) is 0 Å². The van der Waals surface area contributed by atoms with E-state index in [9.17, 15) is 18.4 Å². The molecule has 0 bridgehead atoms. The molecule has 0 saturated heterocycles. The van der Waals surface area contributed by atoms with Crippen LogP contribution in [0.3, 0.4) is 0 Å². The molecule has 0 spiro atoms. The third kappa shape index (κ3) is 3.78. The van der Waals surface area contributed by atoms with E-state index in [-0.39, 0.29) is 29.2 Å². The van der Waals surface area contributed by atoms with Crippen LogP contribution in [0.15, 0.2) is 42.5 Å². The van der Waals surface area contributed by atoms with Crippen molar-refractivity contribution in [1.82, 2.24) is 25.5 Å². The van der Waals surface area contributed by atoms with Gasteiger partial charge in [-0.15, -0.1) is 5.10 Å². The average molecular weight is 373 g/mol. The van der Waals surface area contributed by atoms with Crippen LogP contribution in [0.5, 0.6) is 0 Å². The van der Waals surface area contributed by atoms with Crippen molar-refractivity contribution in [3.8, 4) is 5.69 Å². The molecule has 138 valence electrons. The summed E-state index contributed by atoms with van der Waals surface area (Å²) in [6, 6.07) is 9.32. The molecule has 0 fully saturated rings. The number of esters is 1. The second kappa shape index (κ2) is 7.68. The maximum Gasteiger partial charge on any atom is 0.338 e. The van der Waals surface area contributed by atoms with Gasteiger partial charge in [-0.1, -0.05) is 12.1 Å². The summed E-state index contributed by atoms with van der Waals surface area (Å²) < 4.78 is 32.3. The number of ether oxygens (including phenoxy) is 1. The number of rotatable bonds is 5. The lowest BCUT2D eigenvalue weighted by Gasteiger charge is -2.09. The fourth-order valence-electron chi connectivity index (χ4n) is 2.36. The Balaban J connectivity index is 1.79. The third-order valence-electron chi connectivity index (χ3n) is 3.67. The molecule has 0 aliphatic carbocycles. The van der Waals surface area contributed by atoms with Gasteiger partial charge in [-0.25, -0.2) is 13.6 Å². The molecule has 0 radical (unpaired) electrons. The second-order valence-corrected chi connectivity index (χ2v) is 5.33. The number of aromatic nitrogens is 4. The first-order valence-corrected chi connectivity index (χ1v) is 7.69. The van der Waals surface area contributed by atoms with Crippen molar-refractivity contribution >= 4 is 11.9 Å². The molecule has 0 unspecified atom stereocenters. The minimum Gasteiger partial charge on any atom is -0.465 e. The highest BCUT2D eigenvalue weighted by atomic mass is 19.2. The first kappa shape index (κ1) is 18.1. The Kier molecular flexibility index (Phi) is 5.15. The quantitative estimate of drug-likeness (QED) is 0.683. The molecule has 8 nitrogen and oxygen atoms in total. The average Bonchev–Trinajstić information content (AvgIpc) is 3.16. The molecule has 0 atom stereocenters. The van der Waals surface area contributed by atoms with Crippen molar-refractivity contribution in [2.45, 2.75) is 6.54 Å². The molecule has 2 aromatic carbocycles. The van der Waals surface area contributed by atoms with Crippen LogP contribution >= 0.6 is 0 Å². The number of amides is 1. The van der Waals surface area contributed by atoms with Crippen molar-refractivity contribution in [2.75, 3.05) is 7.11 Å². The molecule has 1 aromatic heterocycles. The molecule has 0 aliphatic rings. The lowest BCUT2D eigenvalue weighted by Crippen LogP contribution is -2.26. The molecular formula is C17H13F2N5O3. The van der Waals surface area contributed by atoms with Crippen LogP contribution in [0.4, 0.5) is 8.78 Å². The number of nitrogens with one attached hydrogen (secondary N) is 1. The Hall–Kier alpha value is -3.69. The summed E-state index contributed by atoms with van der Waals surface area (Å²) in [7, 11) is 1.22. The Bertz CT molecular complexity index is 1010. The molecule has 10 heteroatoms. The van der Waals surface area contributed by atoms with Gasteiger partial charge in [-0.2, -0.15) is 4.68 Å². The van der Waals surface area contributed by atoms with Crippen molar-refractivity contribution in [3.63, 3.8) is 0 Å². The highest BCUT2D eigenvalue weighted by Gasteiger charge is 2.18. The van der Waals surface area contributed by atoms with Gasteiger partial charge >= 0.3 is 5.97 Å². The highest BCUT2D eigenvalue weighted by Crippen LogP contribution is 2.14. The van der Waals surface area contributed by atoms with Gasteiger partial charge in [0.1, 0.15) is 0 Å². The van der Waals surface area contributed by atoms with Crippen molar-refractivity contribution < 1.29 is 23.1 Å². The Labute approximate surface area is 151 Å². The van der Waals surface area contributed by atoms with Gasteiger partial charge < -0.3 is 10.1 Å². The molecule has 1 amide bonds. The first-order valence-electron chi connectivity index (χ1n) is 7.69. The number of hydrogen-bond donors (Lipinski definition) is 1. The topological polar surface area (TPSA) is 99.0 Å². The number of hydrogen-bond acceptors (Lipinski definition) is 6. The van der Waals surface area contributed by atoms with Crippen LogP contribution in [-0.4, -0.2) is 39.2 Å². The van der Waals surface area contributed by atoms with Gasteiger partial charge in [0.15, 0.2) is 17.5 Å². The van der Waals surface area contributed by atoms with E-state index in [1.807, 2.05) is 0 Å². The van der Waals surface area contributed by atoms with Crippen molar-refractivity contribution in [1.29, 1.82) is 0 Å². The maximum absolute atomic E-state index is 13.4. The van der Waals surface area contributed by atoms with Crippen LogP contribution in [0, 0.1) is 11.6 Å². The van der Waals surface area contributed by atoms with Crippen molar-refractivity contribution in [3.05, 3.63) is 71.1 Å². The van der Waals surface area contributed by atoms with Crippen LogP contribution in [0.25, 0.3) is 5.69 Å². The zero-order chi connectivity index (χ0) is 19.4. The molecule has 0 saturated carbocycles. The third-order valence-corrected chi connectivity index (χ3v) is 3.67. The monoisotopic (exact) mass is 373 g/mol. The minimum atomic E-state index is -1.05. The lowest BCUT2D eigenvalue weighted by molar-refractivity contribution is 0.0596. The number of halogens is 2. The molecular weight excluding hydrogens is 360 g/mol. The summed E-state index contributed by atoms with van der Waals surface area (Å²) >= 11 is 0. The summed E-state index contributed by atoms with van der Waals surface area (Å²) in [4.78, 5) is 24.2. The number of benzene rings is 2. The van der Waals surface area contributed by atoms with E-state index in [1.54, 1.807) is 12.1 Å². The fourth-order valence-corrected chi connectivity index (χ4v) is 2.36. The largest absolute Gasteiger partial charge is 0.465 e. The predicted molar refractivity (Wildman–Crippen MR) is 88.0 cm³/mol. The Morgan fingerprint density at radius 3 is 2.56 bits per heavy atom. The predicted octanol–water partition coefficient (Wildman–Crippen LogP) is 1.66. The smallest absolute Gasteiger partial charge is 0.338 e. The van der Waals surface area contributed by atoms with Crippen LogP contribution in [-0.2, 0) is 11.3 Å². The molecule has 0 aliphatic heterocycles. The molecule has 3 rings (SSSR count). The van der Waals surface area contributed by atoms with Gasteiger partial charge in [-0.3, -0.25) is 4.79 Å². The van der Waals surface area contributed by atoms with Crippen molar-refractivity contribution in [2.24, 2.45) is 0 Å². The van der Waals surface area contributed by atoms with E-state index in [1.165, 1.54) is 25.3 Å². The van der Waals surface area contributed by atoms with Gasteiger partial charge in [-0.05, 0) is 34.7 Å². The zero-order valence-electron chi connectivity index (χ0n) is 14.0. The van der Waals surface area contributed by atoms with Gasteiger partial charge in [0.05, 0.1) is 30.5 Å². The number of methoxy groups -OCH3 is 1. The Morgan fingerprint density at radius 1 is 1.11 bits per heavy atom. The normalized spacial score (nSPS) is 10.5. The SMILES string of the molecule is COC(=O)c1ccccc1C(=O)NCc1nnnn1-c1ccc(F)c(F)c1. The van der Waals surface area contributed by atoms with Crippen LogP contribution in [0.1, 0.15) is 26.5 Å². The minimum absolute atomic E-state index is 0.109.